The summed E-state index contributed by atoms with van der Waals surface area (Å²) in [6.07, 6.45) is 2.26. The maximum atomic E-state index is 12.8. The third-order valence-electron chi connectivity index (χ3n) is 3.45. The zero-order valence-electron chi connectivity index (χ0n) is 9.07. The Morgan fingerprint density at radius 3 is 2.35 bits per heavy atom. The minimum Gasteiger partial charge on any atom is -0.507 e. The summed E-state index contributed by atoms with van der Waals surface area (Å²) >= 11 is 0. The van der Waals surface area contributed by atoms with E-state index in [2.05, 4.69) is 0 Å². The first-order chi connectivity index (χ1) is 8.12. The van der Waals surface area contributed by atoms with Crippen LogP contribution in [0.2, 0.25) is 0 Å². The van der Waals surface area contributed by atoms with Crippen LogP contribution >= 0.6 is 0 Å². The average Bonchev–Trinajstić information content (AvgIpc) is 2.52. The van der Waals surface area contributed by atoms with Crippen LogP contribution in [0.4, 0.5) is 4.39 Å². The largest absolute Gasteiger partial charge is 0.507 e. The molecule has 17 heavy (non-hydrogen) atoms. The fourth-order valence-corrected chi connectivity index (χ4v) is 2.31. The predicted octanol–water partition coefficient (Wildman–Crippen LogP) is 2.57. The number of esters is 1. The smallest absolute Gasteiger partial charge is 0.343 e. The molecule has 0 atom stereocenters. The topological polar surface area (TPSA) is 46.5 Å². The van der Waals surface area contributed by atoms with E-state index in [0.717, 1.165) is 6.42 Å². The average molecular weight is 234 g/mol. The van der Waals surface area contributed by atoms with Gasteiger partial charge in [-0.1, -0.05) is 12.1 Å². The van der Waals surface area contributed by atoms with Crippen molar-refractivity contribution >= 4 is 11.5 Å². The number of carbonyl (C=O) groups excluding carboxylic acids is 1. The van der Waals surface area contributed by atoms with E-state index in [1.807, 2.05) is 0 Å². The lowest BCUT2D eigenvalue weighted by Crippen LogP contribution is -2.39. The zero-order valence-corrected chi connectivity index (χ0v) is 9.07. The molecule has 3 nitrogen and oxygen atoms in total. The molecular formula is C13H11FO3. The summed E-state index contributed by atoms with van der Waals surface area (Å²) in [5.41, 5.74) is -0.122. The van der Waals surface area contributed by atoms with Gasteiger partial charge in [-0.3, -0.25) is 0 Å². The standard InChI is InChI=1S/C13H11FO3/c14-9-4-2-8(3-5-9)10-11(15)13(6-1-7-13)17-12(10)16/h2-5,15H,1,6-7H2. The van der Waals surface area contributed by atoms with Crippen LogP contribution in [-0.2, 0) is 9.53 Å². The van der Waals surface area contributed by atoms with E-state index in [1.54, 1.807) is 0 Å². The molecule has 4 heteroatoms. The number of ether oxygens (including phenoxy) is 1. The summed E-state index contributed by atoms with van der Waals surface area (Å²) in [7, 11) is 0. The van der Waals surface area contributed by atoms with Gasteiger partial charge in [0.05, 0.1) is 0 Å². The highest BCUT2D eigenvalue weighted by molar-refractivity contribution is 6.19. The molecule has 1 spiro atoms. The second kappa shape index (κ2) is 3.32. The monoisotopic (exact) mass is 234 g/mol. The maximum absolute atomic E-state index is 12.8. The van der Waals surface area contributed by atoms with E-state index >= 15 is 0 Å². The molecule has 1 fully saturated rings. The van der Waals surface area contributed by atoms with E-state index in [1.165, 1.54) is 24.3 Å². The first-order valence-electron chi connectivity index (χ1n) is 5.55. The molecule has 3 rings (SSSR count). The van der Waals surface area contributed by atoms with E-state index < -0.39 is 11.6 Å². The van der Waals surface area contributed by atoms with Gasteiger partial charge in [0.2, 0.25) is 0 Å². The number of hydrogen-bond donors (Lipinski definition) is 1. The van der Waals surface area contributed by atoms with E-state index in [-0.39, 0.29) is 17.1 Å². The maximum Gasteiger partial charge on any atom is 0.343 e. The molecule has 0 saturated heterocycles. The fourth-order valence-electron chi connectivity index (χ4n) is 2.31. The van der Waals surface area contributed by atoms with E-state index in [4.69, 9.17) is 4.74 Å². The van der Waals surface area contributed by atoms with Crippen molar-refractivity contribution in [1.82, 2.24) is 0 Å². The molecule has 1 aromatic carbocycles. The summed E-state index contributed by atoms with van der Waals surface area (Å²) in [6.45, 7) is 0. The second-order valence-corrected chi connectivity index (χ2v) is 4.47. The quantitative estimate of drug-likeness (QED) is 0.759. The molecule has 2 aliphatic rings. The number of aliphatic hydroxyl groups is 1. The molecule has 0 amide bonds. The normalized spacial score (nSPS) is 21.6. The lowest BCUT2D eigenvalue weighted by atomic mass is 9.78. The lowest BCUT2D eigenvalue weighted by molar-refractivity contribution is -0.154. The van der Waals surface area contributed by atoms with Crippen molar-refractivity contribution in [3.63, 3.8) is 0 Å². The highest BCUT2D eigenvalue weighted by Crippen LogP contribution is 2.48. The van der Waals surface area contributed by atoms with Crippen molar-refractivity contribution < 1.29 is 19.0 Å². The van der Waals surface area contributed by atoms with Crippen molar-refractivity contribution in [2.24, 2.45) is 0 Å². The number of hydrogen-bond acceptors (Lipinski definition) is 3. The van der Waals surface area contributed by atoms with Crippen LogP contribution in [0.25, 0.3) is 5.57 Å². The minimum absolute atomic E-state index is 0.000332. The minimum atomic E-state index is -0.791. The molecular weight excluding hydrogens is 223 g/mol. The van der Waals surface area contributed by atoms with Gasteiger partial charge in [0, 0.05) is 0 Å². The summed E-state index contributed by atoms with van der Waals surface area (Å²) in [5.74, 6) is -0.896. The van der Waals surface area contributed by atoms with E-state index in [9.17, 15) is 14.3 Å². The first kappa shape index (κ1) is 10.3. The molecule has 1 aromatic rings. The molecule has 0 unspecified atom stereocenters. The number of benzene rings is 1. The van der Waals surface area contributed by atoms with E-state index in [0.29, 0.717) is 18.4 Å². The summed E-state index contributed by atoms with van der Waals surface area (Å²) in [4.78, 5) is 11.7. The Kier molecular flexibility index (Phi) is 2.02. The predicted molar refractivity (Wildman–Crippen MR) is 58.6 cm³/mol. The molecule has 1 heterocycles. The molecule has 1 aliphatic heterocycles. The van der Waals surface area contributed by atoms with Gasteiger partial charge in [0.1, 0.15) is 11.4 Å². The van der Waals surface area contributed by atoms with Crippen LogP contribution in [0.3, 0.4) is 0 Å². The van der Waals surface area contributed by atoms with Crippen molar-refractivity contribution in [3.8, 4) is 0 Å². The summed E-state index contributed by atoms with van der Waals surface area (Å²) in [5, 5.41) is 10.1. The SMILES string of the molecule is O=C1OC2(CCC2)C(O)=C1c1ccc(F)cc1. The van der Waals surface area contributed by atoms with Gasteiger partial charge < -0.3 is 9.84 Å². The summed E-state index contributed by atoms with van der Waals surface area (Å²) < 4.78 is 18.0. The van der Waals surface area contributed by atoms with Crippen LogP contribution in [0.5, 0.6) is 0 Å². The van der Waals surface area contributed by atoms with Gasteiger partial charge in [-0.25, -0.2) is 9.18 Å². The number of carbonyl (C=O) groups is 1. The number of rotatable bonds is 1. The first-order valence-corrected chi connectivity index (χ1v) is 5.55. The molecule has 1 saturated carbocycles. The van der Waals surface area contributed by atoms with Gasteiger partial charge in [0.15, 0.2) is 11.4 Å². The van der Waals surface area contributed by atoms with Crippen LogP contribution in [0.1, 0.15) is 24.8 Å². The Morgan fingerprint density at radius 1 is 1.24 bits per heavy atom. The number of halogens is 1. The molecule has 0 bridgehead atoms. The molecule has 88 valence electrons. The molecule has 0 aromatic heterocycles. The summed E-state index contributed by atoms with van der Waals surface area (Å²) in [6, 6.07) is 5.46. The molecule has 1 aliphatic carbocycles. The third kappa shape index (κ3) is 1.37. The molecule has 1 N–H and O–H groups in total. The Bertz CT molecular complexity index is 512. The van der Waals surface area contributed by atoms with Crippen LogP contribution in [0.15, 0.2) is 30.0 Å². The van der Waals surface area contributed by atoms with Gasteiger partial charge in [-0.2, -0.15) is 0 Å². The van der Waals surface area contributed by atoms with Gasteiger partial charge in [-0.05, 0) is 37.0 Å². The highest BCUT2D eigenvalue weighted by atomic mass is 19.1. The fraction of sp³-hybridized carbons (Fsp3) is 0.308. The highest BCUT2D eigenvalue weighted by Gasteiger charge is 2.52. The van der Waals surface area contributed by atoms with Crippen molar-refractivity contribution in [1.29, 1.82) is 0 Å². The van der Waals surface area contributed by atoms with Crippen molar-refractivity contribution in [2.45, 2.75) is 24.9 Å². The Balaban J connectivity index is 2.07. The van der Waals surface area contributed by atoms with Gasteiger partial charge in [0.25, 0.3) is 0 Å². The van der Waals surface area contributed by atoms with Gasteiger partial charge in [-0.15, -0.1) is 0 Å². The molecule has 0 radical (unpaired) electrons. The zero-order chi connectivity index (χ0) is 12.0. The third-order valence-corrected chi connectivity index (χ3v) is 3.45. The van der Waals surface area contributed by atoms with Crippen LogP contribution in [-0.4, -0.2) is 16.7 Å². The van der Waals surface area contributed by atoms with Crippen molar-refractivity contribution in [3.05, 3.63) is 41.4 Å². The van der Waals surface area contributed by atoms with Crippen LogP contribution < -0.4 is 0 Å². The van der Waals surface area contributed by atoms with Crippen LogP contribution in [0, 0.1) is 5.82 Å². The Hall–Kier alpha value is -1.84. The van der Waals surface area contributed by atoms with Gasteiger partial charge >= 0.3 is 5.97 Å². The Labute approximate surface area is 97.5 Å². The van der Waals surface area contributed by atoms with Crippen molar-refractivity contribution in [2.75, 3.05) is 0 Å². The Morgan fingerprint density at radius 2 is 1.88 bits per heavy atom. The second-order valence-electron chi connectivity index (χ2n) is 4.47. The number of aliphatic hydroxyl groups excluding tert-OH is 1. The lowest BCUT2D eigenvalue weighted by Gasteiger charge is -2.36.